The minimum absolute atomic E-state index is 0.0702. The van der Waals surface area contributed by atoms with E-state index >= 15 is 0 Å². The topological polar surface area (TPSA) is 46.9 Å². The van der Waals surface area contributed by atoms with Gasteiger partial charge in [0.25, 0.3) is 5.91 Å². The molecule has 4 nitrogen and oxygen atoms in total. The Morgan fingerprint density at radius 1 is 1.42 bits per heavy atom. The molecule has 1 amide bonds. The van der Waals surface area contributed by atoms with Gasteiger partial charge in [-0.05, 0) is 37.5 Å². The van der Waals surface area contributed by atoms with Crippen LogP contribution in [0.5, 0.6) is 0 Å². The van der Waals surface area contributed by atoms with Crippen molar-refractivity contribution in [2.45, 2.75) is 19.3 Å². The summed E-state index contributed by atoms with van der Waals surface area (Å²) < 4.78 is 2.41. The quantitative estimate of drug-likeness (QED) is 0.833. The van der Waals surface area contributed by atoms with Crippen molar-refractivity contribution >= 4 is 28.8 Å². The maximum atomic E-state index is 11.8. The molecule has 0 spiro atoms. The van der Waals surface area contributed by atoms with E-state index in [0.29, 0.717) is 12.2 Å². The van der Waals surface area contributed by atoms with Gasteiger partial charge in [-0.1, -0.05) is 11.6 Å². The number of unbranched alkanes of at least 4 members (excludes halogenated alkanes) is 1. The van der Waals surface area contributed by atoms with E-state index in [0.717, 1.165) is 23.6 Å². The van der Waals surface area contributed by atoms with Crippen molar-refractivity contribution < 1.29 is 4.79 Å². The van der Waals surface area contributed by atoms with Crippen molar-refractivity contribution in [1.29, 1.82) is 0 Å². The highest BCUT2D eigenvalue weighted by molar-refractivity contribution is 7.16. The van der Waals surface area contributed by atoms with Crippen LogP contribution in [-0.2, 0) is 13.5 Å². The lowest BCUT2D eigenvalue weighted by molar-refractivity contribution is 0.0943. The van der Waals surface area contributed by atoms with Gasteiger partial charge in [0, 0.05) is 24.7 Å². The van der Waals surface area contributed by atoms with Crippen LogP contribution >= 0.6 is 22.9 Å². The molecule has 0 bridgehead atoms. The molecule has 2 rings (SSSR count). The number of amides is 1. The summed E-state index contributed by atoms with van der Waals surface area (Å²) in [5.74, 6) is -0.0702. The number of aryl methyl sites for hydroxylation is 2. The first-order valence-corrected chi connectivity index (χ1v) is 7.36. The van der Waals surface area contributed by atoms with Crippen LogP contribution in [0.4, 0.5) is 0 Å². The number of nitrogens with one attached hydrogen (secondary N) is 1. The van der Waals surface area contributed by atoms with Gasteiger partial charge in [-0.2, -0.15) is 5.10 Å². The van der Waals surface area contributed by atoms with Crippen LogP contribution in [0, 0.1) is 0 Å². The highest BCUT2D eigenvalue weighted by Gasteiger charge is 2.08. The molecule has 102 valence electrons. The van der Waals surface area contributed by atoms with Gasteiger partial charge in [0.05, 0.1) is 4.34 Å². The van der Waals surface area contributed by atoms with Gasteiger partial charge in [0.2, 0.25) is 0 Å². The molecule has 1 N–H and O–H groups in total. The summed E-state index contributed by atoms with van der Waals surface area (Å²) >= 11 is 7.49. The highest BCUT2D eigenvalue weighted by Crippen LogP contribution is 2.22. The van der Waals surface area contributed by atoms with E-state index in [2.05, 4.69) is 16.5 Å². The predicted octanol–water partition coefficient (Wildman–Crippen LogP) is 2.89. The largest absolute Gasteiger partial charge is 0.351 e. The van der Waals surface area contributed by atoms with Crippen molar-refractivity contribution in [2.75, 3.05) is 6.54 Å². The molecule has 0 aliphatic rings. The number of hydrogen-bond acceptors (Lipinski definition) is 3. The van der Waals surface area contributed by atoms with E-state index in [1.54, 1.807) is 35.3 Å². The zero-order valence-electron chi connectivity index (χ0n) is 10.7. The second kappa shape index (κ2) is 6.73. The van der Waals surface area contributed by atoms with Crippen molar-refractivity contribution in [3.63, 3.8) is 0 Å². The molecule has 2 aromatic heterocycles. The minimum atomic E-state index is -0.0702. The van der Waals surface area contributed by atoms with Crippen molar-refractivity contribution in [2.24, 2.45) is 7.05 Å². The average molecular weight is 298 g/mol. The lowest BCUT2D eigenvalue weighted by Gasteiger charge is -2.04. The first kappa shape index (κ1) is 14.1. The van der Waals surface area contributed by atoms with E-state index < -0.39 is 0 Å². The summed E-state index contributed by atoms with van der Waals surface area (Å²) in [6, 6.07) is 5.69. The van der Waals surface area contributed by atoms with Crippen LogP contribution < -0.4 is 5.32 Å². The summed E-state index contributed by atoms with van der Waals surface area (Å²) in [7, 11) is 1.76. The van der Waals surface area contributed by atoms with Crippen LogP contribution in [0.2, 0.25) is 4.34 Å². The Morgan fingerprint density at radius 3 is 2.89 bits per heavy atom. The standard InChI is InChI=1S/C13H16ClN3OS/c1-17-11(7-9-16-17)13(18)15-8-3-2-4-10-5-6-12(14)19-10/h5-7,9H,2-4,8H2,1H3,(H,15,18). The van der Waals surface area contributed by atoms with E-state index in [-0.39, 0.29) is 5.91 Å². The Hall–Kier alpha value is -1.33. The molecule has 0 saturated heterocycles. The number of carbonyl (C=O) groups is 1. The minimum Gasteiger partial charge on any atom is -0.351 e. The summed E-state index contributed by atoms with van der Waals surface area (Å²) in [6.07, 6.45) is 4.63. The Labute approximate surface area is 121 Å². The first-order chi connectivity index (χ1) is 9.16. The number of rotatable bonds is 6. The third-order valence-electron chi connectivity index (χ3n) is 2.82. The molecular formula is C13H16ClN3OS. The number of thiophene rings is 1. The van der Waals surface area contributed by atoms with Crippen molar-refractivity contribution in [3.8, 4) is 0 Å². The second-order valence-electron chi connectivity index (χ2n) is 4.26. The van der Waals surface area contributed by atoms with E-state index in [4.69, 9.17) is 11.6 Å². The van der Waals surface area contributed by atoms with Crippen LogP contribution in [0.25, 0.3) is 0 Å². The monoisotopic (exact) mass is 297 g/mol. The summed E-state index contributed by atoms with van der Waals surface area (Å²) in [5, 5.41) is 6.86. The number of halogens is 1. The molecule has 0 saturated carbocycles. The van der Waals surface area contributed by atoms with Gasteiger partial charge in [-0.3, -0.25) is 9.48 Å². The van der Waals surface area contributed by atoms with E-state index in [1.807, 2.05) is 6.07 Å². The molecule has 0 aromatic carbocycles. The van der Waals surface area contributed by atoms with Crippen molar-refractivity contribution in [3.05, 3.63) is 39.3 Å². The molecule has 2 heterocycles. The number of carbonyl (C=O) groups excluding carboxylic acids is 1. The van der Waals surface area contributed by atoms with Crippen LogP contribution in [0.15, 0.2) is 24.4 Å². The highest BCUT2D eigenvalue weighted by atomic mass is 35.5. The molecule has 19 heavy (non-hydrogen) atoms. The summed E-state index contributed by atoms with van der Waals surface area (Å²) in [6.45, 7) is 0.684. The molecule has 0 aliphatic heterocycles. The number of hydrogen-bond donors (Lipinski definition) is 1. The molecule has 2 aromatic rings. The average Bonchev–Trinajstić information content (AvgIpc) is 2.97. The van der Waals surface area contributed by atoms with Gasteiger partial charge in [-0.25, -0.2) is 0 Å². The normalized spacial score (nSPS) is 10.6. The van der Waals surface area contributed by atoms with E-state index in [1.165, 1.54) is 4.88 Å². The predicted molar refractivity (Wildman–Crippen MR) is 77.8 cm³/mol. The Bertz CT molecular complexity index is 550. The van der Waals surface area contributed by atoms with Crippen LogP contribution in [0.3, 0.4) is 0 Å². The molecule has 0 atom stereocenters. The van der Waals surface area contributed by atoms with Gasteiger partial charge in [0.15, 0.2) is 0 Å². The first-order valence-electron chi connectivity index (χ1n) is 6.17. The maximum absolute atomic E-state index is 11.8. The van der Waals surface area contributed by atoms with Gasteiger partial charge < -0.3 is 5.32 Å². The van der Waals surface area contributed by atoms with Crippen LogP contribution in [0.1, 0.15) is 28.2 Å². The third kappa shape index (κ3) is 4.08. The van der Waals surface area contributed by atoms with Gasteiger partial charge >= 0.3 is 0 Å². The fraction of sp³-hybridized carbons (Fsp3) is 0.385. The smallest absolute Gasteiger partial charge is 0.269 e. The molecule has 6 heteroatoms. The van der Waals surface area contributed by atoms with Crippen LogP contribution in [-0.4, -0.2) is 22.2 Å². The molecule has 0 aliphatic carbocycles. The summed E-state index contributed by atoms with van der Waals surface area (Å²) in [4.78, 5) is 13.1. The Morgan fingerprint density at radius 2 is 2.26 bits per heavy atom. The third-order valence-corrected chi connectivity index (χ3v) is 4.11. The fourth-order valence-electron chi connectivity index (χ4n) is 1.80. The Kier molecular flexibility index (Phi) is 4.99. The van der Waals surface area contributed by atoms with E-state index in [9.17, 15) is 4.79 Å². The number of nitrogens with zero attached hydrogens (tertiary/aromatic N) is 2. The lowest BCUT2D eigenvalue weighted by Crippen LogP contribution is -2.26. The maximum Gasteiger partial charge on any atom is 0.269 e. The zero-order chi connectivity index (χ0) is 13.7. The van der Waals surface area contributed by atoms with Gasteiger partial charge in [0.1, 0.15) is 5.69 Å². The van der Waals surface area contributed by atoms with Gasteiger partial charge in [-0.15, -0.1) is 11.3 Å². The summed E-state index contributed by atoms with van der Waals surface area (Å²) in [5.41, 5.74) is 0.588. The lowest BCUT2D eigenvalue weighted by atomic mass is 10.2. The fourth-order valence-corrected chi connectivity index (χ4v) is 2.93. The van der Waals surface area contributed by atoms with Crippen molar-refractivity contribution in [1.82, 2.24) is 15.1 Å². The SMILES string of the molecule is Cn1nccc1C(=O)NCCCCc1ccc(Cl)s1. The molecule has 0 radical (unpaired) electrons. The molecule has 0 unspecified atom stereocenters. The number of aromatic nitrogens is 2. The second-order valence-corrected chi connectivity index (χ2v) is 6.06. The Balaban J connectivity index is 1.64. The molecule has 0 fully saturated rings. The molecular weight excluding hydrogens is 282 g/mol. The zero-order valence-corrected chi connectivity index (χ0v) is 12.3.